The largest absolute Gasteiger partial charge is 0.313 e. The van der Waals surface area contributed by atoms with Gasteiger partial charge in [0, 0.05) is 6.04 Å². The highest BCUT2D eigenvalue weighted by Crippen LogP contribution is 2.45. The van der Waals surface area contributed by atoms with Crippen molar-refractivity contribution >= 4 is 0 Å². The van der Waals surface area contributed by atoms with Crippen LogP contribution in [0, 0.1) is 17.8 Å². The van der Waals surface area contributed by atoms with Gasteiger partial charge in [0.25, 0.3) is 0 Å². The molecule has 4 fully saturated rings. The summed E-state index contributed by atoms with van der Waals surface area (Å²) in [7, 11) is 0. The summed E-state index contributed by atoms with van der Waals surface area (Å²) in [5.74, 6) is 3.22. The van der Waals surface area contributed by atoms with E-state index < -0.39 is 0 Å². The van der Waals surface area contributed by atoms with Gasteiger partial charge in [-0.1, -0.05) is 6.42 Å². The van der Waals surface area contributed by atoms with Gasteiger partial charge < -0.3 is 5.32 Å². The van der Waals surface area contributed by atoms with Crippen molar-refractivity contribution < 1.29 is 0 Å². The molecule has 4 aliphatic rings. The molecule has 0 aromatic carbocycles. The lowest BCUT2D eigenvalue weighted by Crippen LogP contribution is -2.57. The predicted molar refractivity (Wildman–Crippen MR) is 45.3 cm³/mol. The highest BCUT2D eigenvalue weighted by Gasteiger charge is 2.43. The molecule has 0 spiro atoms. The molecule has 1 N–H and O–H groups in total. The first-order valence-electron chi connectivity index (χ1n) is 5.17. The molecule has 1 heteroatoms. The second kappa shape index (κ2) is 2.22. The second-order valence-corrected chi connectivity index (χ2v) is 4.72. The van der Waals surface area contributed by atoms with Crippen LogP contribution >= 0.6 is 0 Å². The molecular formula is C10H17N. The van der Waals surface area contributed by atoms with Crippen LogP contribution in [-0.2, 0) is 0 Å². The van der Waals surface area contributed by atoms with Crippen molar-refractivity contribution in [3.63, 3.8) is 0 Å². The van der Waals surface area contributed by atoms with Crippen LogP contribution in [0.5, 0.6) is 0 Å². The number of hydrogen-bond donors (Lipinski definition) is 1. The van der Waals surface area contributed by atoms with E-state index in [4.69, 9.17) is 0 Å². The fourth-order valence-electron chi connectivity index (χ4n) is 3.07. The van der Waals surface area contributed by atoms with Gasteiger partial charge in [-0.3, -0.25) is 0 Å². The molecule has 1 nitrogen and oxygen atoms in total. The normalized spacial score (nSPS) is 49.6. The summed E-state index contributed by atoms with van der Waals surface area (Å²) in [5, 5.41) is 3.72. The molecule has 1 atom stereocenters. The minimum atomic E-state index is 0.939. The summed E-state index contributed by atoms with van der Waals surface area (Å²) in [6, 6.07) is 0.939. The Morgan fingerprint density at radius 3 is 2.27 bits per heavy atom. The minimum Gasteiger partial charge on any atom is -0.313 e. The van der Waals surface area contributed by atoms with E-state index in [1.165, 1.54) is 25.8 Å². The van der Waals surface area contributed by atoms with E-state index in [1.807, 2.05) is 0 Å². The topological polar surface area (TPSA) is 12.0 Å². The van der Waals surface area contributed by atoms with Crippen LogP contribution in [0.25, 0.3) is 0 Å². The predicted octanol–water partition coefficient (Wildman–Crippen LogP) is 1.78. The Hall–Kier alpha value is -0.0400. The van der Waals surface area contributed by atoms with Crippen LogP contribution in [0.15, 0.2) is 0 Å². The molecule has 0 amide bonds. The molecule has 2 saturated carbocycles. The van der Waals surface area contributed by atoms with Crippen molar-refractivity contribution in [3.8, 4) is 0 Å². The lowest BCUT2D eigenvalue weighted by Gasteiger charge is -2.52. The van der Waals surface area contributed by atoms with Gasteiger partial charge in [0.15, 0.2) is 0 Å². The minimum absolute atomic E-state index is 0.939. The Labute approximate surface area is 68.6 Å². The lowest BCUT2D eigenvalue weighted by atomic mass is 9.61. The summed E-state index contributed by atoms with van der Waals surface area (Å²) in [4.78, 5) is 0. The first-order chi connectivity index (χ1) is 5.43. The van der Waals surface area contributed by atoms with Gasteiger partial charge in [-0.05, 0) is 50.0 Å². The van der Waals surface area contributed by atoms with Crippen LogP contribution in [0.3, 0.4) is 0 Å². The highest BCUT2D eigenvalue weighted by molar-refractivity contribution is 4.99. The summed E-state index contributed by atoms with van der Waals surface area (Å²) in [5.41, 5.74) is 0. The van der Waals surface area contributed by atoms with E-state index in [2.05, 4.69) is 5.32 Å². The molecule has 4 rings (SSSR count). The fourth-order valence-corrected chi connectivity index (χ4v) is 3.07. The molecule has 11 heavy (non-hydrogen) atoms. The quantitative estimate of drug-likeness (QED) is 0.602. The van der Waals surface area contributed by atoms with Crippen LogP contribution in [0.2, 0.25) is 0 Å². The first-order valence-corrected chi connectivity index (χ1v) is 5.17. The molecule has 0 aromatic rings. The summed E-state index contributed by atoms with van der Waals surface area (Å²) >= 11 is 0. The second-order valence-electron chi connectivity index (χ2n) is 4.72. The number of rotatable bonds is 1. The Bertz CT molecular complexity index is 152. The molecule has 2 aliphatic carbocycles. The summed E-state index contributed by atoms with van der Waals surface area (Å²) in [6.45, 7) is 1.33. The van der Waals surface area contributed by atoms with Gasteiger partial charge in [-0.25, -0.2) is 0 Å². The van der Waals surface area contributed by atoms with Gasteiger partial charge in [-0.15, -0.1) is 0 Å². The zero-order valence-electron chi connectivity index (χ0n) is 7.05. The van der Waals surface area contributed by atoms with Crippen molar-refractivity contribution in [2.75, 3.05) is 6.54 Å². The molecule has 2 heterocycles. The molecule has 2 aliphatic heterocycles. The number of piperidine rings is 2. The third-order valence-corrected chi connectivity index (χ3v) is 4.08. The van der Waals surface area contributed by atoms with Crippen molar-refractivity contribution in [1.29, 1.82) is 0 Å². The third kappa shape index (κ3) is 0.868. The Kier molecular flexibility index (Phi) is 1.31. The Morgan fingerprint density at radius 2 is 1.82 bits per heavy atom. The van der Waals surface area contributed by atoms with E-state index in [-0.39, 0.29) is 0 Å². The van der Waals surface area contributed by atoms with Crippen molar-refractivity contribution in [2.24, 2.45) is 17.8 Å². The van der Waals surface area contributed by atoms with Crippen molar-refractivity contribution in [1.82, 2.24) is 5.32 Å². The first kappa shape index (κ1) is 6.47. The van der Waals surface area contributed by atoms with Crippen LogP contribution in [-0.4, -0.2) is 12.6 Å². The fraction of sp³-hybridized carbons (Fsp3) is 1.00. The molecule has 0 aromatic heterocycles. The van der Waals surface area contributed by atoms with Gasteiger partial charge in [0.05, 0.1) is 0 Å². The maximum Gasteiger partial charge on any atom is 0.0124 e. The number of nitrogens with one attached hydrogen (secondary N) is 1. The number of hydrogen-bond acceptors (Lipinski definition) is 1. The van der Waals surface area contributed by atoms with Gasteiger partial charge >= 0.3 is 0 Å². The van der Waals surface area contributed by atoms with Crippen molar-refractivity contribution in [2.45, 2.75) is 38.1 Å². The zero-order valence-corrected chi connectivity index (χ0v) is 7.05. The average molecular weight is 151 g/mol. The van der Waals surface area contributed by atoms with E-state index in [0.29, 0.717) is 0 Å². The zero-order chi connectivity index (χ0) is 7.26. The SMILES string of the molecule is C1CC(C2NCC3CC2C3)C1. The maximum absolute atomic E-state index is 3.72. The lowest BCUT2D eigenvalue weighted by molar-refractivity contribution is 0.0300. The Morgan fingerprint density at radius 1 is 1.00 bits per heavy atom. The van der Waals surface area contributed by atoms with Gasteiger partial charge in [0.1, 0.15) is 0 Å². The van der Waals surface area contributed by atoms with E-state index in [0.717, 1.165) is 23.8 Å². The highest BCUT2D eigenvalue weighted by atomic mass is 15.0. The maximum atomic E-state index is 3.72. The third-order valence-electron chi connectivity index (χ3n) is 4.08. The standard InChI is InChI=1S/C10H17N/c1-2-8(3-1)10-9-4-7(5-9)6-11-10/h7-11H,1-6H2. The molecule has 2 bridgehead atoms. The number of fused-ring (bicyclic) bond motifs is 2. The monoisotopic (exact) mass is 151 g/mol. The molecular weight excluding hydrogens is 134 g/mol. The Balaban J connectivity index is 1.67. The molecule has 1 unspecified atom stereocenters. The van der Waals surface area contributed by atoms with E-state index in [9.17, 15) is 0 Å². The van der Waals surface area contributed by atoms with E-state index >= 15 is 0 Å². The molecule has 2 saturated heterocycles. The van der Waals surface area contributed by atoms with Crippen LogP contribution in [0.4, 0.5) is 0 Å². The average Bonchev–Trinajstić information content (AvgIpc) is 1.81. The smallest absolute Gasteiger partial charge is 0.0124 e. The van der Waals surface area contributed by atoms with E-state index in [1.54, 1.807) is 12.8 Å². The summed E-state index contributed by atoms with van der Waals surface area (Å²) < 4.78 is 0. The van der Waals surface area contributed by atoms with Crippen LogP contribution < -0.4 is 5.32 Å². The van der Waals surface area contributed by atoms with Gasteiger partial charge in [0.2, 0.25) is 0 Å². The summed E-state index contributed by atoms with van der Waals surface area (Å²) in [6.07, 6.45) is 7.62. The molecule has 0 radical (unpaired) electrons. The van der Waals surface area contributed by atoms with Crippen molar-refractivity contribution in [3.05, 3.63) is 0 Å². The molecule has 62 valence electrons. The van der Waals surface area contributed by atoms with Gasteiger partial charge in [-0.2, -0.15) is 0 Å². The van der Waals surface area contributed by atoms with Crippen LogP contribution in [0.1, 0.15) is 32.1 Å².